The third-order valence-corrected chi connectivity index (χ3v) is 6.85. The van der Waals surface area contributed by atoms with E-state index in [1.54, 1.807) is 11.8 Å². The van der Waals surface area contributed by atoms with Gasteiger partial charge in [-0.2, -0.15) is 0 Å². The molecule has 0 spiro atoms. The predicted octanol–water partition coefficient (Wildman–Crippen LogP) is 2.39. The minimum atomic E-state index is -2.85. The summed E-state index contributed by atoms with van der Waals surface area (Å²) in [4.78, 5) is 10.9. The van der Waals surface area contributed by atoms with Crippen LogP contribution in [-0.2, 0) is 22.1 Å². The molecule has 2 aromatic rings. The van der Waals surface area contributed by atoms with Gasteiger partial charge in [0.2, 0.25) is 0 Å². The number of nitrogens with zero attached hydrogens (tertiary/aromatic N) is 3. The van der Waals surface area contributed by atoms with Crippen molar-refractivity contribution in [3.05, 3.63) is 53.9 Å². The van der Waals surface area contributed by atoms with Crippen molar-refractivity contribution in [1.29, 1.82) is 0 Å². The molecule has 0 N–H and O–H groups in total. The summed E-state index contributed by atoms with van der Waals surface area (Å²) in [6, 6.07) is 10.3. The smallest absolute Gasteiger partial charge is 0.187 e. The van der Waals surface area contributed by atoms with Crippen molar-refractivity contribution in [2.24, 2.45) is 0 Å². The van der Waals surface area contributed by atoms with Crippen LogP contribution in [0.4, 0.5) is 0 Å². The maximum Gasteiger partial charge on any atom is 0.187 e. The Bertz CT molecular complexity index is 764. The molecule has 0 saturated carbocycles. The lowest BCUT2D eigenvalue weighted by Gasteiger charge is -2.22. The molecule has 1 aliphatic heterocycles. The average Bonchev–Trinajstić information content (AvgIpc) is 2.95. The first kappa shape index (κ1) is 17.4. The third-order valence-electron chi connectivity index (χ3n) is 4.16. The fraction of sp³-hybridized carbons (Fsp3) is 0.412. The second kappa shape index (κ2) is 7.63. The highest BCUT2D eigenvalue weighted by atomic mass is 32.2. The summed E-state index contributed by atoms with van der Waals surface area (Å²) in [5.41, 5.74) is 2.25. The first-order chi connectivity index (χ1) is 11.5. The summed E-state index contributed by atoms with van der Waals surface area (Å²) < 4.78 is 23.2. The molecule has 1 aliphatic rings. The topological polar surface area (TPSA) is 63.2 Å². The predicted molar refractivity (Wildman–Crippen MR) is 96.6 cm³/mol. The molecule has 5 nitrogen and oxygen atoms in total. The summed E-state index contributed by atoms with van der Waals surface area (Å²) >= 11 is 1.61. The average molecular weight is 364 g/mol. The lowest BCUT2D eigenvalue weighted by atomic mass is 10.2. The molecule has 2 heterocycles. The van der Waals surface area contributed by atoms with Crippen molar-refractivity contribution in [3.63, 3.8) is 0 Å². The van der Waals surface area contributed by atoms with E-state index in [2.05, 4.69) is 27.0 Å². The van der Waals surface area contributed by atoms with E-state index in [0.29, 0.717) is 18.7 Å². The van der Waals surface area contributed by atoms with Crippen molar-refractivity contribution in [3.8, 4) is 0 Å². The standard InChI is InChI=1S/C17H21N3O2S2/c1-20(16-7-8-24(21,22)13-16)11-15-9-18-17(19-10-15)23-12-14-5-3-2-4-6-14/h2-6,9-10,16H,7-8,11-13H2,1H3/t16-/m0/s1. The molecule has 0 amide bonds. The zero-order valence-electron chi connectivity index (χ0n) is 13.6. The third kappa shape index (κ3) is 4.78. The van der Waals surface area contributed by atoms with Crippen LogP contribution in [0.15, 0.2) is 47.9 Å². The molecule has 1 atom stereocenters. The fourth-order valence-corrected chi connectivity index (χ4v) is 5.31. The van der Waals surface area contributed by atoms with Gasteiger partial charge in [0.05, 0.1) is 11.5 Å². The molecule has 1 fully saturated rings. The molecule has 0 bridgehead atoms. The van der Waals surface area contributed by atoms with Crippen LogP contribution in [0.1, 0.15) is 17.5 Å². The maximum absolute atomic E-state index is 11.6. The summed E-state index contributed by atoms with van der Waals surface area (Å²) in [5, 5.41) is 0.758. The van der Waals surface area contributed by atoms with Gasteiger partial charge < -0.3 is 0 Å². The molecular formula is C17H21N3O2S2. The Morgan fingerprint density at radius 3 is 2.50 bits per heavy atom. The van der Waals surface area contributed by atoms with Crippen LogP contribution in [0, 0.1) is 0 Å². The van der Waals surface area contributed by atoms with Crippen molar-refractivity contribution < 1.29 is 8.42 Å². The first-order valence-electron chi connectivity index (χ1n) is 7.90. The highest BCUT2D eigenvalue weighted by Crippen LogP contribution is 2.20. The minimum Gasteiger partial charge on any atom is -0.298 e. The Morgan fingerprint density at radius 1 is 1.17 bits per heavy atom. The van der Waals surface area contributed by atoms with Crippen LogP contribution >= 0.6 is 11.8 Å². The zero-order valence-corrected chi connectivity index (χ0v) is 15.3. The van der Waals surface area contributed by atoms with Crippen molar-refractivity contribution in [2.45, 2.75) is 29.9 Å². The number of hydrogen-bond donors (Lipinski definition) is 0. The summed E-state index contributed by atoms with van der Waals surface area (Å²) in [6.45, 7) is 0.670. The van der Waals surface area contributed by atoms with Crippen molar-refractivity contribution in [2.75, 3.05) is 18.6 Å². The van der Waals surface area contributed by atoms with E-state index in [-0.39, 0.29) is 11.8 Å². The molecular weight excluding hydrogens is 342 g/mol. The number of benzene rings is 1. The Kier molecular flexibility index (Phi) is 5.53. The van der Waals surface area contributed by atoms with Gasteiger partial charge in [0.25, 0.3) is 0 Å². The molecule has 1 aromatic heterocycles. The van der Waals surface area contributed by atoms with E-state index in [0.717, 1.165) is 16.5 Å². The SMILES string of the molecule is CN(Cc1cnc(SCc2ccccc2)nc1)[C@H]1CCS(=O)(=O)C1. The second-order valence-electron chi connectivity index (χ2n) is 6.12. The molecule has 0 aliphatic carbocycles. The van der Waals surface area contributed by atoms with Gasteiger partial charge in [-0.15, -0.1) is 0 Å². The van der Waals surface area contributed by atoms with Crippen molar-refractivity contribution in [1.82, 2.24) is 14.9 Å². The van der Waals surface area contributed by atoms with Gasteiger partial charge in [-0.1, -0.05) is 42.1 Å². The van der Waals surface area contributed by atoms with Gasteiger partial charge in [0.1, 0.15) is 0 Å². The maximum atomic E-state index is 11.6. The van der Waals surface area contributed by atoms with Crippen LogP contribution in [0.5, 0.6) is 0 Å². The van der Waals surface area contributed by atoms with E-state index in [4.69, 9.17) is 0 Å². The highest BCUT2D eigenvalue weighted by molar-refractivity contribution is 7.98. The summed E-state index contributed by atoms with van der Waals surface area (Å²) in [7, 11) is -0.888. The normalized spacial score (nSPS) is 19.7. The van der Waals surface area contributed by atoms with Crippen LogP contribution < -0.4 is 0 Å². The zero-order chi connectivity index (χ0) is 17.0. The lowest BCUT2D eigenvalue weighted by molar-refractivity contribution is 0.253. The Morgan fingerprint density at radius 2 is 1.88 bits per heavy atom. The first-order valence-corrected chi connectivity index (χ1v) is 10.7. The molecule has 3 rings (SSSR count). The van der Waals surface area contributed by atoms with Gasteiger partial charge >= 0.3 is 0 Å². The van der Waals surface area contributed by atoms with Gasteiger partial charge in [0.15, 0.2) is 15.0 Å². The van der Waals surface area contributed by atoms with Gasteiger partial charge in [-0.3, -0.25) is 4.90 Å². The molecule has 0 unspecified atom stereocenters. The van der Waals surface area contributed by atoms with Crippen LogP contribution in [0.3, 0.4) is 0 Å². The van der Waals surface area contributed by atoms with E-state index in [9.17, 15) is 8.42 Å². The fourth-order valence-electron chi connectivity index (χ4n) is 2.76. The van der Waals surface area contributed by atoms with E-state index in [1.165, 1.54) is 5.56 Å². The van der Waals surface area contributed by atoms with E-state index in [1.807, 2.05) is 37.6 Å². The lowest BCUT2D eigenvalue weighted by Crippen LogP contribution is -2.32. The summed E-state index contributed by atoms with van der Waals surface area (Å²) in [6.07, 6.45) is 4.38. The van der Waals surface area contributed by atoms with E-state index < -0.39 is 9.84 Å². The molecule has 1 saturated heterocycles. The Hall–Kier alpha value is -1.44. The van der Waals surface area contributed by atoms with Gasteiger partial charge in [0, 0.05) is 36.3 Å². The number of rotatable bonds is 6. The van der Waals surface area contributed by atoms with Crippen LogP contribution in [0.2, 0.25) is 0 Å². The second-order valence-corrected chi connectivity index (χ2v) is 9.29. The largest absolute Gasteiger partial charge is 0.298 e. The molecule has 7 heteroatoms. The number of thioether (sulfide) groups is 1. The van der Waals surface area contributed by atoms with Crippen LogP contribution in [-0.4, -0.2) is 47.9 Å². The summed E-state index contributed by atoms with van der Waals surface area (Å²) in [5.74, 6) is 1.41. The molecule has 1 aromatic carbocycles. The Balaban J connectivity index is 1.53. The highest BCUT2D eigenvalue weighted by Gasteiger charge is 2.30. The monoisotopic (exact) mass is 363 g/mol. The molecule has 128 valence electrons. The number of aromatic nitrogens is 2. The van der Waals surface area contributed by atoms with E-state index >= 15 is 0 Å². The minimum absolute atomic E-state index is 0.0992. The van der Waals surface area contributed by atoms with Gasteiger partial charge in [-0.05, 0) is 19.0 Å². The van der Waals surface area contributed by atoms with Crippen LogP contribution in [0.25, 0.3) is 0 Å². The quantitative estimate of drug-likeness (QED) is 0.580. The van der Waals surface area contributed by atoms with Crippen molar-refractivity contribution >= 4 is 21.6 Å². The molecule has 0 radical (unpaired) electrons. The molecule has 24 heavy (non-hydrogen) atoms. The number of hydrogen-bond acceptors (Lipinski definition) is 6. The number of sulfone groups is 1. The van der Waals surface area contributed by atoms with Gasteiger partial charge in [-0.25, -0.2) is 18.4 Å². The Labute approximate surface area is 147 Å².